The quantitative estimate of drug-likeness (QED) is 0.756. The lowest BCUT2D eigenvalue weighted by atomic mass is 10.1. The number of nitrogens with two attached hydrogens (primary N) is 1. The predicted octanol–water partition coefficient (Wildman–Crippen LogP) is 1.33. The summed E-state index contributed by atoms with van der Waals surface area (Å²) in [4.78, 5) is 0. The highest BCUT2D eigenvalue weighted by Crippen LogP contribution is 2.35. The van der Waals surface area contributed by atoms with Gasteiger partial charge in [0.15, 0.2) is 6.10 Å². The van der Waals surface area contributed by atoms with Crippen molar-refractivity contribution in [2.24, 2.45) is 0 Å². The molecule has 1 aliphatic heterocycles. The fraction of sp³-hybridized carbons (Fsp3) is 0.200. The number of aromatic nitrogens is 2. The Morgan fingerprint density at radius 1 is 1.27 bits per heavy atom. The van der Waals surface area contributed by atoms with Crippen molar-refractivity contribution in [2.75, 3.05) is 5.73 Å². The van der Waals surface area contributed by atoms with E-state index in [2.05, 4.69) is 10.2 Å². The summed E-state index contributed by atoms with van der Waals surface area (Å²) in [7, 11) is 0. The van der Waals surface area contributed by atoms with Gasteiger partial charge in [0.2, 0.25) is 0 Å². The monoisotopic (exact) mass is 203 g/mol. The zero-order chi connectivity index (χ0) is 10.3. The fourth-order valence-corrected chi connectivity index (χ4v) is 1.70. The van der Waals surface area contributed by atoms with Crippen LogP contribution in [-0.2, 0) is 6.42 Å². The minimum Gasteiger partial charge on any atom is -0.480 e. The number of benzene rings is 1. The van der Waals surface area contributed by atoms with E-state index < -0.39 is 0 Å². The maximum atomic E-state index is 5.65. The number of nitrogens with zero attached hydrogens (tertiary/aromatic N) is 2. The maximum absolute atomic E-state index is 5.65. The second-order valence-corrected chi connectivity index (χ2v) is 3.40. The number of rotatable bonds is 1. The summed E-state index contributed by atoms with van der Waals surface area (Å²) in [6.45, 7) is 0. The van der Waals surface area contributed by atoms with Crippen molar-refractivity contribution in [3.05, 3.63) is 35.7 Å². The Hall–Kier alpha value is -2.04. The van der Waals surface area contributed by atoms with Crippen LogP contribution in [-0.4, -0.2) is 10.2 Å². The molecular formula is C10H9N3O2. The molecule has 0 aliphatic carbocycles. The van der Waals surface area contributed by atoms with Gasteiger partial charge in [-0.05, 0) is 11.6 Å². The highest BCUT2D eigenvalue weighted by molar-refractivity contribution is 5.37. The molecule has 0 bridgehead atoms. The van der Waals surface area contributed by atoms with E-state index in [-0.39, 0.29) is 12.1 Å². The number of fused-ring (bicyclic) bond motifs is 1. The molecule has 0 spiro atoms. The van der Waals surface area contributed by atoms with E-state index in [0.717, 1.165) is 17.7 Å². The lowest BCUT2D eigenvalue weighted by molar-refractivity contribution is 0.199. The third-order valence-electron chi connectivity index (χ3n) is 2.38. The van der Waals surface area contributed by atoms with Gasteiger partial charge in [0.05, 0.1) is 0 Å². The molecule has 1 aromatic heterocycles. The molecule has 0 fully saturated rings. The fourth-order valence-electron chi connectivity index (χ4n) is 1.70. The molecule has 0 saturated heterocycles. The molecule has 2 heterocycles. The van der Waals surface area contributed by atoms with Gasteiger partial charge in [-0.2, -0.15) is 0 Å². The van der Waals surface area contributed by atoms with E-state index in [4.69, 9.17) is 14.9 Å². The van der Waals surface area contributed by atoms with Crippen LogP contribution in [0.4, 0.5) is 6.01 Å². The molecule has 5 nitrogen and oxygen atoms in total. The molecular weight excluding hydrogens is 194 g/mol. The van der Waals surface area contributed by atoms with Crippen LogP contribution in [0, 0.1) is 0 Å². The van der Waals surface area contributed by atoms with Gasteiger partial charge in [-0.15, -0.1) is 5.10 Å². The van der Waals surface area contributed by atoms with Crippen LogP contribution >= 0.6 is 0 Å². The maximum Gasteiger partial charge on any atom is 0.312 e. The molecule has 2 N–H and O–H groups in total. The van der Waals surface area contributed by atoms with Crippen LogP contribution < -0.4 is 10.5 Å². The zero-order valence-electron chi connectivity index (χ0n) is 7.88. The Bertz CT molecular complexity index is 470. The highest BCUT2D eigenvalue weighted by Gasteiger charge is 2.28. The van der Waals surface area contributed by atoms with Crippen molar-refractivity contribution < 1.29 is 9.15 Å². The topological polar surface area (TPSA) is 74.2 Å². The zero-order valence-corrected chi connectivity index (χ0v) is 7.88. The van der Waals surface area contributed by atoms with Crippen LogP contribution in [0.3, 0.4) is 0 Å². The van der Waals surface area contributed by atoms with Crippen molar-refractivity contribution in [1.82, 2.24) is 10.2 Å². The van der Waals surface area contributed by atoms with Gasteiger partial charge in [0.1, 0.15) is 5.75 Å². The summed E-state index contributed by atoms with van der Waals surface area (Å²) in [6.07, 6.45) is 0.546. The second kappa shape index (κ2) is 2.98. The largest absolute Gasteiger partial charge is 0.480 e. The first-order valence-electron chi connectivity index (χ1n) is 4.66. The number of anilines is 1. The van der Waals surface area contributed by atoms with Crippen LogP contribution in [0.5, 0.6) is 5.75 Å². The number of hydrogen-bond acceptors (Lipinski definition) is 5. The van der Waals surface area contributed by atoms with Crippen molar-refractivity contribution in [3.8, 4) is 5.75 Å². The van der Waals surface area contributed by atoms with E-state index in [9.17, 15) is 0 Å². The molecule has 1 aromatic carbocycles. The van der Waals surface area contributed by atoms with Gasteiger partial charge in [-0.3, -0.25) is 0 Å². The van der Waals surface area contributed by atoms with Gasteiger partial charge in [-0.25, -0.2) is 0 Å². The minimum absolute atomic E-state index is 0.0737. The first-order chi connectivity index (χ1) is 7.33. The third-order valence-corrected chi connectivity index (χ3v) is 2.38. The summed E-state index contributed by atoms with van der Waals surface area (Å²) in [5.41, 5.74) is 6.51. The lowest BCUT2D eigenvalue weighted by Crippen LogP contribution is -2.03. The summed E-state index contributed by atoms with van der Waals surface area (Å²) >= 11 is 0. The van der Waals surface area contributed by atoms with E-state index in [1.54, 1.807) is 0 Å². The highest BCUT2D eigenvalue weighted by atomic mass is 16.5. The molecule has 0 unspecified atom stereocenters. The molecule has 0 amide bonds. The van der Waals surface area contributed by atoms with E-state index in [1.165, 1.54) is 0 Å². The Kier molecular flexibility index (Phi) is 1.65. The summed E-state index contributed by atoms with van der Waals surface area (Å²) in [5, 5.41) is 7.42. The Labute approximate surface area is 85.9 Å². The number of hydrogen-bond donors (Lipinski definition) is 1. The first kappa shape index (κ1) is 8.28. The van der Waals surface area contributed by atoms with Gasteiger partial charge in [0.25, 0.3) is 5.89 Å². The summed E-state index contributed by atoms with van der Waals surface area (Å²) in [5.74, 6) is 1.31. The number of para-hydroxylation sites is 1. The van der Waals surface area contributed by atoms with Crippen molar-refractivity contribution in [1.29, 1.82) is 0 Å². The standard InChI is InChI=1S/C10H9N3O2/c11-10-13-12-9(15-10)8-5-6-3-1-2-4-7(6)14-8/h1-4,8H,5H2,(H2,11,13)/t8-/m0/s1. The molecule has 76 valence electrons. The van der Waals surface area contributed by atoms with Crippen LogP contribution in [0.2, 0.25) is 0 Å². The SMILES string of the molecule is Nc1nnc([C@@H]2Cc3ccccc3O2)o1. The molecule has 2 aromatic rings. The van der Waals surface area contributed by atoms with Crippen LogP contribution in [0.15, 0.2) is 28.7 Å². The second-order valence-electron chi connectivity index (χ2n) is 3.40. The number of ether oxygens (including phenoxy) is 1. The summed E-state index contributed by atoms with van der Waals surface area (Å²) in [6, 6.07) is 7.94. The predicted molar refractivity (Wildman–Crippen MR) is 52.2 cm³/mol. The van der Waals surface area contributed by atoms with E-state index >= 15 is 0 Å². The molecule has 1 atom stereocenters. The summed E-state index contributed by atoms with van der Waals surface area (Å²) < 4.78 is 10.8. The van der Waals surface area contributed by atoms with E-state index in [1.807, 2.05) is 24.3 Å². The Balaban J connectivity index is 1.90. The number of nitrogen functional groups attached to an aromatic ring is 1. The molecule has 0 saturated carbocycles. The molecule has 15 heavy (non-hydrogen) atoms. The minimum atomic E-state index is -0.202. The average Bonchev–Trinajstić information content (AvgIpc) is 2.82. The van der Waals surface area contributed by atoms with Gasteiger partial charge in [-0.1, -0.05) is 23.3 Å². The smallest absolute Gasteiger partial charge is 0.312 e. The molecule has 1 aliphatic rings. The molecule has 5 heteroatoms. The Morgan fingerprint density at radius 3 is 2.87 bits per heavy atom. The van der Waals surface area contributed by atoms with Crippen molar-refractivity contribution in [2.45, 2.75) is 12.5 Å². The van der Waals surface area contributed by atoms with Gasteiger partial charge in [0, 0.05) is 6.42 Å². The van der Waals surface area contributed by atoms with Crippen LogP contribution in [0.1, 0.15) is 17.6 Å². The van der Waals surface area contributed by atoms with Gasteiger partial charge >= 0.3 is 6.01 Å². The molecule has 0 radical (unpaired) electrons. The Morgan fingerprint density at radius 2 is 2.13 bits per heavy atom. The first-order valence-corrected chi connectivity index (χ1v) is 4.66. The van der Waals surface area contributed by atoms with Crippen LogP contribution in [0.25, 0.3) is 0 Å². The van der Waals surface area contributed by atoms with E-state index in [0.29, 0.717) is 5.89 Å². The normalized spacial score (nSPS) is 18.5. The average molecular weight is 203 g/mol. The van der Waals surface area contributed by atoms with Gasteiger partial charge < -0.3 is 14.9 Å². The lowest BCUT2D eigenvalue weighted by Gasteiger charge is -2.03. The van der Waals surface area contributed by atoms with Crippen molar-refractivity contribution in [3.63, 3.8) is 0 Å². The van der Waals surface area contributed by atoms with Crippen molar-refractivity contribution >= 4 is 6.01 Å². The third kappa shape index (κ3) is 1.32. The molecule has 3 rings (SSSR count).